The van der Waals surface area contributed by atoms with Crippen LogP contribution in [0.25, 0.3) is 11.6 Å². The van der Waals surface area contributed by atoms with Gasteiger partial charge in [0.2, 0.25) is 20.0 Å². The molecule has 20 heteroatoms. The third kappa shape index (κ3) is 12.1. The number of nitrogens with zero attached hydrogens (tertiary/aromatic N) is 12. The fraction of sp³-hybridized carbons (Fsp3) is 0.522. The highest BCUT2D eigenvalue weighted by atomic mass is 32.2. The summed E-state index contributed by atoms with van der Waals surface area (Å²) in [5.74, 6) is 0.863. The molecule has 0 spiro atoms. The molecule has 66 heavy (non-hydrogen) atoms. The number of unbranched alkanes of at least 4 members (excludes halogenated alkanes) is 4. The summed E-state index contributed by atoms with van der Waals surface area (Å²) < 4.78 is 61.0. The van der Waals surface area contributed by atoms with Gasteiger partial charge in [0.1, 0.15) is 6.33 Å². The Morgan fingerprint density at radius 3 is 1.21 bits per heavy atom. The zero-order valence-electron chi connectivity index (χ0n) is 40.2. The predicted octanol–water partition coefficient (Wildman–Crippen LogP) is 10.6. The molecule has 5 aromatic rings. The molecular formula is C46H68N14O4S2. The normalized spacial score (nSPS) is 13.0. The third-order valence-electron chi connectivity index (χ3n) is 10.8. The molecule has 4 N–H and O–H groups in total. The first-order valence-corrected chi connectivity index (χ1v) is 25.7. The summed E-state index contributed by atoms with van der Waals surface area (Å²) in [6.07, 6.45) is 7.91. The lowest BCUT2D eigenvalue weighted by Crippen LogP contribution is -2.33. The molecule has 0 fully saturated rings. The number of hydrogen-bond donors (Lipinski definition) is 2. The van der Waals surface area contributed by atoms with Gasteiger partial charge in [0.15, 0.2) is 34.6 Å². The monoisotopic (exact) mass is 944 g/mol. The van der Waals surface area contributed by atoms with E-state index in [0.29, 0.717) is 60.3 Å². The summed E-state index contributed by atoms with van der Waals surface area (Å²) in [5.41, 5.74) is 14.8. The van der Waals surface area contributed by atoms with Crippen molar-refractivity contribution in [3.05, 3.63) is 72.3 Å². The van der Waals surface area contributed by atoms with E-state index in [4.69, 9.17) is 21.7 Å². The second-order valence-corrected chi connectivity index (χ2v) is 22.2. The molecule has 0 saturated heterocycles. The van der Waals surface area contributed by atoms with Crippen molar-refractivity contribution in [1.82, 2.24) is 38.1 Å². The van der Waals surface area contributed by atoms with Gasteiger partial charge in [-0.2, -0.15) is 38.4 Å². The molecule has 0 saturated carbocycles. The third-order valence-corrected chi connectivity index (χ3v) is 14.6. The Bertz CT molecular complexity index is 2520. The van der Waals surface area contributed by atoms with Crippen LogP contribution >= 0.6 is 0 Å². The molecular weight excluding hydrogens is 877 g/mol. The SMILES string of the molecule is CCCCN(CCCC)S(=O)(=O)c1cccc(/N=N/c2c(C(C)(C)C)nn(-c3cc(-n4nc(C(C)(C)C)c(/N=N/c5cccc(S(=O)(=O)N(CCCC)CCCC)c5)c4N)ncn3)c2N)c1. The van der Waals surface area contributed by atoms with E-state index in [-0.39, 0.29) is 33.1 Å². The van der Waals surface area contributed by atoms with Crippen molar-refractivity contribution in [2.75, 3.05) is 37.6 Å². The van der Waals surface area contributed by atoms with Gasteiger partial charge in [-0.05, 0) is 62.1 Å². The minimum atomic E-state index is -3.77. The van der Waals surface area contributed by atoms with Gasteiger partial charge in [0, 0.05) is 43.1 Å². The Morgan fingerprint density at radius 2 is 0.894 bits per heavy atom. The van der Waals surface area contributed by atoms with Crippen LogP contribution in [0.2, 0.25) is 0 Å². The van der Waals surface area contributed by atoms with E-state index in [1.807, 2.05) is 69.2 Å². The molecule has 18 nitrogen and oxygen atoms in total. The van der Waals surface area contributed by atoms with Gasteiger partial charge < -0.3 is 11.5 Å². The first kappa shape index (κ1) is 51.5. The summed E-state index contributed by atoms with van der Waals surface area (Å²) in [6.45, 7) is 21.7. The van der Waals surface area contributed by atoms with Gasteiger partial charge in [0.05, 0.1) is 32.6 Å². The molecule has 0 aliphatic carbocycles. The second-order valence-electron chi connectivity index (χ2n) is 18.3. The molecule has 0 atom stereocenters. The van der Waals surface area contributed by atoms with Crippen molar-refractivity contribution in [1.29, 1.82) is 0 Å². The number of sulfonamides is 2. The Morgan fingerprint density at radius 1 is 0.545 bits per heavy atom. The van der Waals surface area contributed by atoms with Crippen molar-refractivity contribution >= 4 is 54.4 Å². The highest BCUT2D eigenvalue weighted by molar-refractivity contribution is 7.89. The fourth-order valence-electron chi connectivity index (χ4n) is 6.94. The van der Waals surface area contributed by atoms with E-state index in [1.54, 1.807) is 51.1 Å². The van der Waals surface area contributed by atoms with Gasteiger partial charge >= 0.3 is 0 Å². The standard InChI is InChI=1S/C46H68N14O4S2/c1-11-15-25-57(26-16-12-2)65(61,62)35-23-19-21-33(29-35)51-53-39-41(45(5,6)7)55-59(43(39)47)37-31-38(50-32-49-37)60-44(48)40(42(56-60)46(8,9)10)54-52-34-22-20-24-36(30-34)66(63,64)58(27-17-13-3)28-18-14-4/h19-24,29-32H,11-18,25-28,47-48H2,1-10H3/b53-51+,54-52+. The minimum absolute atomic E-state index is 0.142. The molecule has 358 valence electrons. The zero-order chi connectivity index (χ0) is 48.5. The average molecular weight is 945 g/mol. The zero-order valence-corrected chi connectivity index (χ0v) is 41.9. The molecule has 0 unspecified atom stereocenters. The molecule has 2 aromatic carbocycles. The number of hydrogen-bond acceptors (Lipinski definition) is 14. The topological polar surface area (TPSA) is 238 Å². The number of anilines is 2. The molecule has 0 bridgehead atoms. The van der Waals surface area contributed by atoms with Gasteiger partial charge in [-0.15, -0.1) is 10.2 Å². The lowest BCUT2D eigenvalue weighted by atomic mass is 9.91. The summed E-state index contributed by atoms with van der Waals surface area (Å²) in [4.78, 5) is 9.27. The molecule has 0 amide bonds. The highest BCUT2D eigenvalue weighted by Crippen LogP contribution is 2.40. The van der Waals surface area contributed by atoms with Crippen molar-refractivity contribution in [3.63, 3.8) is 0 Å². The van der Waals surface area contributed by atoms with Gasteiger partial charge in [-0.1, -0.05) is 107 Å². The Kier molecular flexibility index (Phi) is 17.1. The molecule has 0 aliphatic rings. The minimum Gasteiger partial charge on any atom is -0.382 e. The Labute approximate surface area is 391 Å². The maximum absolute atomic E-state index is 13.8. The predicted molar refractivity (Wildman–Crippen MR) is 261 cm³/mol. The number of nitrogen functional groups attached to an aromatic ring is 2. The van der Waals surface area contributed by atoms with E-state index < -0.39 is 30.9 Å². The number of benzene rings is 2. The summed E-state index contributed by atoms with van der Waals surface area (Å²) in [6, 6.07) is 14.5. The number of nitrogens with two attached hydrogens (primary N) is 2. The van der Waals surface area contributed by atoms with Crippen LogP contribution in [-0.2, 0) is 30.9 Å². The van der Waals surface area contributed by atoms with E-state index in [2.05, 4.69) is 30.4 Å². The lowest BCUT2D eigenvalue weighted by Gasteiger charge is -2.22. The maximum Gasteiger partial charge on any atom is 0.243 e. The van der Waals surface area contributed by atoms with Crippen LogP contribution in [0.5, 0.6) is 0 Å². The molecule has 3 aromatic heterocycles. The average Bonchev–Trinajstić information content (AvgIpc) is 3.81. The van der Waals surface area contributed by atoms with Crippen molar-refractivity contribution in [2.45, 2.75) is 141 Å². The molecule has 3 heterocycles. The highest BCUT2D eigenvalue weighted by Gasteiger charge is 2.31. The number of azo groups is 2. The van der Waals surface area contributed by atoms with Gasteiger partial charge in [-0.3, -0.25) is 0 Å². The van der Waals surface area contributed by atoms with Gasteiger partial charge in [0.25, 0.3) is 0 Å². The molecule has 0 aliphatic heterocycles. The second kappa shape index (κ2) is 21.9. The number of aromatic nitrogens is 6. The van der Waals surface area contributed by atoms with Crippen molar-refractivity contribution < 1.29 is 16.8 Å². The summed E-state index contributed by atoms with van der Waals surface area (Å²) >= 11 is 0. The van der Waals surface area contributed by atoms with Crippen molar-refractivity contribution in [2.24, 2.45) is 20.5 Å². The number of rotatable bonds is 22. The van der Waals surface area contributed by atoms with Crippen LogP contribution in [0.1, 0.15) is 132 Å². The maximum atomic E-state index is 13.8. The largest absolute Gasteiger partial charge is 0.382 e. The van der Waals surface area contributed by atoms with E-state index >= 15 is 0 Å². The van der Waals surface area contributed by atoms with Crippen LogP contribution in [0, 0.1) is 0 Å². The van der Waals surface area contributed by atoms with Crippen LogP contribution in [0.15, 0.2) is 91.2 Å². The molecule has 5 rings (SSSR count). The van der Waals surface area contributed by atoms with Crippen LogP contribution in [-0.4, -0.2) is 81.2 Å². The van der Waals surface area contributed by atoms with Gasteiger partial charge in [-0.25, -0.2) is 26.8 Å². The fourth-order valence-corrected chi connectivity index (χ4v) is 10.1. The van der Waals surface area contributed by atoms with Crippen molar-refractivity contribution in [3.8, 4) is 11.6 Å². The lowest BCUT2D eigenvalue weighted by molar-refractivity contribution is 0.395. The summed E-state index contributed by atoms with van der Waals surface area (Å²) in [7, 11) is -7.53. The van der Waals surface area contributed by atoms with Crippen LogP contribution in [0.3, 0.4) is 0 Å². The smallest absolute Gasteiger partial charge is 0.243 e. The Hall–Kier alpha value is -5.44. The quantitative estimate of drug-likeness (QED) is 0.0622. The first-order chi connectivity index (χ1) is 31.2. The Balaban J connectivity index is 1.50. The van der Waals surface area contributed by atoms with E-state index in [1.165, 1.54) is 27.8 Å². The van der Waals surface area contributed by atoms with E-state index in [9.17, 15) is 16.8 Å². The first-order valence-electron chi connectivity index (χ1n) is 22.8. The molecule has 0 radical (unpaired) electrons. The van der Waals surface area contributed by atoms with Crippen LogP contribution in [0.4, 0.5) is 34.4 Å². The van der Waals surface area contributed by atoms with E-state index in [0.717, 1.165) is 51.4 Å². The summed E-state index contributed by atoms with van der Waals surface area (Å²) in [5, 5.41) is 27.8. The van der Waals surface area contributed by atoms with Crippen LogP contribution < -0.4 is 11.5 Å².